The molecule has 1 amide bonds. The Kier molecular flexibility index (Phi) is 3.87. The van der Waals surface area contributed by atoms with Crippen molar-refractivity contribution in [3.8, 4) is 0 Å². The molecule has 25 heavy (non-hydrogen) atoms. The lowest BCUT2D eigenvalue weighted by atomic mass is 10.0. The van der Waals surface area contributed by atoms with Crippen molar-refractivity contribution < 1.29 is 4.79 Å². The van der Waals surface area contributed by atoms with Crippen LogP contribution in [0.15, 0.2) is 47.4 Å². The molecule has 3 aromatic rings. The molecule has 0 spiro atoms. The van der Waals surface area contributed by atoms with Gasteiger partial charge in [-0.05, 0) is 17.5 Å². The molecule has 1 atom stereocenters. The Morgan fingerprint density at radius 1 is 1.16 bits per heavy atom. The number of carbonyl (C=O) groups excluding carboxylic acids is 1. The summed E-state index contributed by atoms with van der Waals surface area (Å²) in [5.74, 6) is 0.0793. The third-order valence-corrected chi connectivity index (χ3v) is 4.84. The lowest BCUT2D eigenvalue weighted by Gasteiger charge is -2.17. The molecule has 3 heterocycles. The van der Waals surface area contributed by atoms with Crippen molar-refractivity contribution in [3.63, 3.8) is 0 Å². The number of H-pyrrole nitrogens is 1. The molecule has 2 aromatic heterocycles. The summed E-state index contributed by atoms with van der Waals surface area (Å²) < 4.78 is 1.40. The van der Waals surface area contributed by atoms with Crippen molar-refractivity contribution in [2.75, 3.05) is 6.54 Å². The Hall–Kier alpha value is -2.89. The summed E-state index contributed by atoms with van der Waals surface area (Å²) >= 11 is 0. The Labute approximate surface area is 145 Å². The van der Waals surface area contributed by atoms with Crippen molar-refractivity contribution in [1.29, 1.82) is 0 Å². The molecule has 1 unspecified atom stereocenters. The number of aryl methyl sites for hydroxylation is 1. The first-order chi connectivity index (χ1) is 12.1. The number of aromatic amines is 1. The van der Waals surface area contributed by atoms with Crippen LogP contribution in [0.5, 0.6) is 0 Å². The van der Waals surface area contributed by atoms with E-state index in [1.807, 2.05) is 4.90 Å². The molecule has 0 bridgehead atoms. The molecule has 0 radical (unpaired) electrons. The van der Waals surface area contributed by atoms with Gasteiger partial charge in [0.25, 0.3) is 5.56 Å². The van der Waals surface area contributed by atoms with Gasteiger partial charge in [-0.1, -0.05) is 31.2 Å². The van der Waals surface area contributed by atoms with Gasteiger partial charge >= 0.3 is 0 Å². The molecule has 1 aromatic carbocycles. The molecule has 1 aliphatic heterocycles. The minimum Gasteiger partial charge on any atom is -0.338 e. The van der Waals surface area contributed by atoms with E-state index in [-0.39, 0.29) is 17.4 Å². The minimum absolute atomic E-state index is 0.0324. The van der Waals surface area contributed by atoms with Gasteiger partial charge in [0.1, 0.15) is 0 Å². The van der Waals surface area contributed by atoms with Gasteiger partial charge in [0.05, 0.1) is 5.69 Å². The van der Waals surface area contributed by atoms with Crippen molar-refractivity contribution in [1.82, 2.24) is 19.5 Å². The highest BCUT2D eigenvalue weighted by Gasteiger charge is 2.32. The molecule has 6 nitrogen and oxygen atoms in total. The summed E-state index contributed by atoms with van der Waals surface area (Å²) in [6.07, 6.45) is 3.09. The lowest BCUT2D eigenvalue weighted by molar-refractivity contribution is -0.128. The first-order valence-corrected chi connectivity index (χ1v) is 8.56. The maximum Gasteiger partial charge on any atom is 0.272 e. The van der Waals surface area contributed by atoms with Gasteiger partial charge < -0.3 is 4.90 Å². The quantitative estimate of drug-likeness (QED) is 0.793. The van der Waals surface area contributed by atoms with Gasteiger partial charge in [0, 0.05) is 43.8 Å². The van der Waals surface area contributed by atoms with E-state index in [9.17, 15) is 9.59 Å². The Morgan fingerprint density at radius 2 is 1.92 bits per heavy atom. The van der Waals surface area contributed by atoms with Gasteiger partial charge in [0.2, 0.25) is 5.91 Å². The highest BCUT2D eigenvalue weighted by molar-refractivity contribution is 5.79. The van der Waals surface area contributed by atoms with E-state index in [1.54, 1.807) is 12.3 Å². The maximum absolute atomic E-state index is 12.4. The number of hydrogen-bond acceptors (Lipinski definition) is 3. The zero-order valence-electron chi connectivity index (χ0n) is 14.1. The van der Waals surface area contributed by atoms with E-state index >= 15 is 0 Å². The van der Waals surface area contributed by atoms with Gasteiger partial charge in [-0.15, -0.1) is 0 Å². The predicted molar refractivity (Wildman–Crippen MR) is 94.4 cm³/mol. The summed E-state index contributed by atoms with van der Waals surface area (Å²) in [4.78, 5) is 30.9. The zero-order valence-corrected chi connectivity index (χ0v) is 14.1. The van der Waals surface area contributed by atoms with Crippen LogP contribution in [0, 0.1) is 0 Å². The third kappa shape index (κ3) is 2.95. The Bertz CT molecular complexity index is 971. The molecule has 1 fully saturated rings. The van der Waals surface area contributed by atoms with Crippen LogP contribution in [0.1, 0.15) is 36.1 Å². The summed E-state index contributed by atoms with van der Waals surface area (Å²) in [6, 6.07) is 11.7. The fourth-order valence-electron chi connectivity index (χ4n) is 3.38. The summed E-state index contributed by atoms with van der Waals surface area (Å²) in [5, 5.41) is 2.83. The molecule has 1 aliphatic rings. The van der Waals surface area contributed by atoms with Crippen molar-refractivity contribution in [3.05, 3.63) is 69.8 Å². The lowest BCUT2D eigenvalue weighted by Crippen LogP contribution is -2.24. The van der Waals surface area contributed by atoms with Gasteiger partial charge in [0.15, 0.2) is 5.65 Å². The number of hydrogen-bond donors (Lipinski definition) is 1. The number of likely N-dealkylation sites (tertiary alicyclic amines) is 1. The predicted octanol–water partition coefficient (Wildman–Crippen LogP) is 2.10. The molecule has 0 saturated carbocycles. The Balaban J connectivity index is 1.53. The largest absolute Gasteiger partial charge is 0.338 e. The van der Waals surface area contributed by atoms with Crippen LogP contribution in [0.4, 0.5) is 0 Å². The molecular weight excluding hydrogens is 316 g/mol. The van der Waals surface area contributed by atoms with Crippen LogP contribution < -0.4 is 5.56 Å². The molecule has 4 rings (SSSR count). The minimum atomic E-state index is -0.147. The van der Waals surface area contributed by atoms with Crippen LogP contribution in [0.3, 0.4) is 0 Å². The third-order valence-electron chi connectivity index (χ3n) is 4.84. The number of amides is 1. The topological polar surface area (TPSA) is 70.5 Å². The smallest absolute Gasteiger partial charge is 0.272 e. The average Bonchev–Trinajstić information content (AvgIpc) is 3.23. The van der Waals surface area contributed by atoms with Crippen LogP contribution >= 0.6 is 0 Å². The van der Waals surface area contributed by atoms with E-state index in [4.69, 9.17) is 0 Å². The van der Waals surface area contributed by atoms with Crippen LogP contribution in [-0.2, 0) is 17.8 Å². The van der Waals surface area contributed by atoms with E-state index in [0.29, 0.717) is 30.9 Å². The highest BCUT2D eigenvalue weighted by Crippen LogP contribution is 2.27. The van der Waals surface area contributed by atoms with E-state index in [2.05, 4.69) is 41.3 Å². The molecule has 0 aliphatic carbocycles. The molecule has 1 saturated heterocycles. The molecular formula is C19H20N4O2. The van der Waals surface area contributed by atoms with E-state index in [0.717, 1.165) is 12.0 Å². The van der Waals surface area contributed by atoms with Crippen LogP contribution in [-0.4, -0.2) is 31.9 Å². The number of carbonyl (C=O) groups is 1. The number of aromatic nitrogens is 3. The number of nitrogens with one attached hydrogen (secondary N) is 1. The fraction of sp³-hybridized carbons (Fsp3) is 0.316. The zero-order chi connectivity index (χ0) is 17.4. The van der Waals surface area contributed by atoms with E-state index < -0.39 is 0 Å². The maximum atomic E-state index is 12.4. The number of benzene rings is 1. The Morgan fingerprint density at radius 3 is 2.68 bits per heavy atom. The second-order valence-electron chi connectivity index (χ2n) is 6.52. The number of nitrogens with zero attached hydrogens (tertiary/aromatic N) is 3. The van der Waals surface area contributed by atoms with Crippen molar-refractivity contribution >= 4 is 11.6 Å². The van der Waals surface area contributed by atoms with Crippen molar-refractivity contribution in [2.24, 2.45) is 0 Å². The number of fused-ring (bicyclic) bond motifs is 1. The molecule has 128 valence electrons. The standard InChI is InChI=1S/C19H20N4O2/c1-2-13-3-5-14(6-4-13)11-22-12-15(9-18(22)24)16-10-19(25)23-17(21-16)7-8-20-23/h3-8,10,15,20H,2,9,11-12H2,1H3. The van der Waals surface area contributed by atoms with Crippen molar-refractivity contribution in [2.45, 2.75) is 32.2 Å². The second kappa shape index (κ2) is 6.20. The molecule has 1 N–H and O–H groups in total. The van der Waals surface area contributed by atoms with Crippen LogP contribution in [0.25, 0.3) is 5.65 Å². The fourth-order valence-corrected chi connectivity index (χ4v) is 3.38. The monoisotopic (exact) mass is 336 g/mol. The van der Waals surface area contributed by atoms with Gasteiger partial charge in [-0.25, -0.2) is 9.50 Å². The summed E-state index contributed by atoms with van der Waals surface area (Å²) in [5.41, 5.74) is 3.55. The first kappa shape index (κ1) is 15.6. The van der Waals surface area contributed by atoms with Gasteiger partial charge in [-0.3, -0.25) is 14.7 Å². The summed E-state index contributed by atoms with van der Waals surface area (Å²) in [7, 11) is 0. The number of rotatable bonds is 4. The van der Waals surface area contributed by atoms with Gasteiger partial charge in [-0.2, -0.15) is 0 Å². The average molecular weight is 336 g/mol. The SMILES string of the molecule is CCc1ccc(CN2CC(c3cc(=O)n4[nH]ccc4n3)CC2=O)cc1. The summed E-state index contributed by atoms with van der Waals surface area (Å²) in [6.45, 7) is 3.33. The normalized spacial score (nSPS) is 17.6. The molecule has 6 heteroatoms. The highest BCUT2D eigenvalue weighted by atomic mass is 16.2. The first-order valence-electron chi connectivity index (χ1n) is 8.56. The second-order valence-corrected chi connectivity index (χ2v) is 6.52. The van der Waals surface area contributed by atoms with Crippen LogP contribution in [0.2, 0.25) is 0 Å². The van der Waals surface area contributed by atoms with E-state index in [1.165, 1.54) is 16.1 Å².